The van der Waals surface area contributed by atoms with Crippen LogP contribution in [-0.4, -0.2) is 30.2 Å². The first-order chi connectivity index (χ1) is 11.7. The second-order valence-electron chi connectivity index (χ2n) is 9.55. The first kappa shape index (κ1) is 19.1. The molecule has 0 saturated heterocycles. The quantitative estimate of drug-likeness (QED) is 0.753. The fourth-order valence-electron chi connectivity index (χ4n) is 6.99. The SMILES string of the molecule is C/C=C\[C@]1(C)C[C@@H](O)[C@]2(C)C(C)CCC3(CC[C@@H](OC)C32)[C@@H](C)C1=O. The molecule has 3 rings (SSSR count). The summed E-state index contributed by atoms with van der Waals surface area (Å²) in [5.74, 6) is 1.02. The Hall–Kier alpha value is -0.670. The number of ether oxygens (including phenoxy) is 1. The first-order valence-electron chi connectivity index (χ1n) is 10.1. The predicted molar refractivity (Wildman–Crippen MR) is 100 cm³/mol. The number of aliphatic hydroxyl groups excluding tert-OH is 1. The summed E-state index contributed by atoms with van der Waals surface area (Å²) in [5.41, 5.74) is -0.800. The van der Waals surface area contributed by atoms with Gasteiger partial charge in [0.25, 0.3) is 0 Å². The highest BCUT2D eigenvalue weighted by Gasteiger charge is 2.67. The normalized spacial score (nSPS) is 53.6. The third-order valence-corrected chi connectivity index (χ3v) is 8.65. The van der Waals surface area contributed by atoms with E-state index in [1.807, 2.05) is 26.0 Å². The van der Waals surface area contributed by atoms with Crippen molar-refractivity contribution in [3.05, 3.63) is 12.2 Å². The van der Waals surface area contributed by atoms with E-state index < -0.39 is 11.5 Å². The van der Waals surface area contributed by atoms with E-state index in [0.29, 0.717) is 18.1 Å². The highest BCUT2D eigenvalue weighted by atomic mass is 16.5. The van der Waals surface area contributed by atoms with Crippen molar-refractivity contribution in [3.8, 4) is 0 Å². The Labute approximate surface area is 153 Å². The lowest BCUT2D eigenvalue weighted by Gasteiger charge is -2.61. The van der Waals surface area contributed by atoms with Gasteiger partial charge in [0.2, 0.25) is 0 Å². The van der Waals surface area contributed by atoms with Crippen molar-refractivity contribution >= 4 is 5.78 Å². The number of Topliss-reactive ketones (excluding diaryl/α,β-unsaturated/α-hetero) is 1. The molecular weight excluding hydrogens is 312 g/mol. The molecule has 0 heterocycles. The molecule has 1 N–H and O–H groups in total. The fourth-order valence-corrected chi connectivity index (χ4v) is 6.99. The number of hydrogen-bond acceptors (Lipinski definition) is 3. The second-order valence-corrected chi connectivity index (χ2v) is 9.55. The molecule has 25 heavy (non-hydrogen) atoms. The van der Waals surface area contributed by atoms with Gasteiger partial charge in [0.15, 0.2) is 0 Å². The molecule has 3 aliphatic rings. The molecule has 3 aliphatic carbocycles. The van der Waals surface area contributed by atoms with Crippen LogP contribution in [0.5, 0.6) is 0 Å². The molecule has 0 aromatic rings. The summed E-state index contributed by atoms with van der Waals surface area (Å²) < 4.78 is 5.92. The average molecular weight is 349 g/mol. The largest absolute Gasteiger partial charge is 0.392 e. The Morgan fingerprint density at radius 1 is 1.20 bits per heavy atom. The van der Waals surface area contributed by atoms with Gasteiger partial charge in [-0.25, -0.2) is 0 Å². The van der Waals surface area contributed by atoms with Crippen LogP contribution in [0.2, 0.25) is 0 Å². The van der Waals surface area contributed by atoms with E-state index in [2.05, 4.69) is 20.8 Å². The van der Waals surface area contributed by atoms with Crippen LogP contribution in [0.15, 0.2) is 12.2 Å². The molecule has 2 bridgehead atoms. The Morgan fingerprint density at radius 2 is 1.84 bits per heavy atom. The summed E-state index contributed by atoms with van der Waals surface area (Å²) >= 11 is 0. The number of aliphatic hydroxyl groups is 1. The molecule has 0 amide bonds. The summed E-state index contributed by atoms with van der Waals surface area (Å²) in [7, 11) is 1.80. The maximum absolute atomic E-state index is 13.6. The first-order valence-corrected chi connectivity index (χ1v) is 10.1. The monoisotopic (exact) mass is 348 g/mol. The molecular formula is C22H36O3. The summed E-state index contributed by atoms with van der Waals surface area (Å²) in [6, 6.07) is 0. The lowest BCUT2D eigenvalue weighted by Crippen LogP contribution is -2.62. The zero-order chi connectivity index (χ0) is 18.6. The molecule has 0 spiro atoms. The van der Waals surface area contributed by atoms with E-state index in [9.17, 15) is 9.90 Å². The van der Waals surface area contributed by atoms with Crippen LogP contribution in [0.25, 0.3) is 0 Å². The molecule has 0 aromatic carbocycles. The number of rotatable bonds is 2. The third-order valence-electron chi connectivity index (χ3n) is 8.65. The molecule has 142 valence electrons. The standard InChI is InChI=1S/C22H36O3/c1-7-10-20(4)13-17(23)21(5)14(2)8-11-22(15(3)19(20)24)12-9-16(25-6)18(21)22/h7,10,14-18,23H,8-9,11-13H2,1-6H3/b10-7-/t14?,15-,16+,17+,18?,20+,21-,22?/m0/s1. The third kappa shape index (κ3) is 2.41. The van der Waals surface area contributed by atoms with Gasteiger partial charge in [-0.15, -0.1) is 0 Å². The zero-order valence-electron chi connectivity index (χ0n) is 16.8. The van der Waals surface area contributed by atoms with Crippen molar-refractivity contribution in [2.24, 2.45) is 34.0 Å². The fraction of sp³-hybridized carbons (Fsp3) is 0.864. The zero-order valence-corrected chi connectivity index (χ0v) is 16.8. The highest BCUT2D eigenvalue weighted by Crippen LogP contribution is 2.68. The average Bonchev–Trinajstić information content (AvgIpc) is 2.97. The van der Waals surface area contributed by atoms with Crippen LogP contribution < -0.4 is 0 Å². The lowest BCUT2D eigenvalue weighted by atomic mass is 9.44. The van der Waals surface area contributed by atoms with E-state index >= 15 is 0 Å². The highest BCUT2D eigenvalue weighted by molar-refractivity contribution is 5.89. The summed E-state index contributed by atoms with van der Waals surface area (Å²) in [6.07, 6.45) is 8.42. The van der Waals surface area contributed by atoms with Gasteiger partial charge in [0, 0.05) is 23.9 Å². The molecule has 3 unspecified atom stereocenters. The number of hydrogen-bond donors (Lipinski definition) is 1. The van der Waals surface area contributed by atoms with Crippen molar-refractivity contribution in [1.29, 1.82) is 0 Å². The molecule has 0 aromatic heterocycles. The van der Waals surface area contributed by atoms with E-state index in [1.165, 1.54) is 0 Å². The van der Waals surface area contributed by atoms with Crippen molar-refractivity contribution < 1.29 is 14.6 Å². The van der Waals surface area contributed by atoms with Crippen LogP contribution in [0, 0.1) is 34.0 Å². The van der Waals surface area contributed by atoms with Crippen molar-refractivity contribution in [2.75, 3.05) is 7.11 Å². The summed E-state index contributed by atoms with van der Waals surface area (Å²) in [4.78, 5) is 13.6. The van der Waals surface area contributed by atoms with Crippen LogP contribution in [-0.2, 0) is 9.53 Å². The summed E-state index contributed by atoms with van der Waals surface area (Å²) in [6.45, 7) is 10.7. The number of methoxy groups -OCH3 is 1. The van der Waals surface area contributed by atoms with E-state index in [1.54, 1.807) is 7.11 Å². The van der Waals surface area contributed by atoms with Crippen LogP contribution in [0.1, 0.15) is 66.7 Å². The van der Waals surface area contributed by atoms with Gasteiger partial charge in [-0.1, -0.05) is 32.9 Å². The number of carbonyl (C=O) groups is 1. The van der Waals surface area contributed by atoms with Crippen molar-refractivity contribution in [2.45, 2.75) is 78.9 Å². The smallest absolute Gasteiger partial charge is 0.145 e. The summed E-state index contributed by atoms with van der Waals surface area (Å²) in [5, 5.41) is 11.4. The Bertz CT molecular complexity index is 570. The van der Waals surface area contributed by atoms with Gasteiger partial charge >= 0.3 is 0 Å². The minimum atomic E-state index is -0.574. The maximum atomic E-state index is 13.6. The molecule has 0 radical (unpaired) electrons. The topological polar surface area (TPSA) is 46.5 Å². The number of allylic oxidation sites excluding steroid dienone is 2. The van der Waals surface area contributed by atoms with E-state index in [0.717, 1.165) is 25.7 Å². The van der Waals surface area contributed by atoms with Crippen LogP contribution >= 0.6 is 0 Å². The second kappa shape index (κ2) is 6.20. The van der Waals surface area contributed by atoms with Gasteiger partial charge in [0.1, 0.15) is 5.78 Å². The molecule has 8 atom stereocenters. The predicted octanol–water partition coefficient (Wildman–Crippen LogP) is 4.39. The minimum absolute atomic E-state index is 0.0122. The van der Waals surface area contributed by atoms with E-state index in [-0.39, 0.29) is 28.8 Å². The maximum Gasteiger partial charge on any atom is 0.145 e. The lowest BCUT2D eigenvalue weighted by molar-refractivity contribution is -0.188. The Morgan fingerprint density at radius 3 is 2.44 bits per heavy atom. The molecule has 3 fully saturated rings. The van der Waals surface area contributed by atoms with Crippen LogP contribution in [0.4, 0.5) is 0 Å². The molecule has 3 heteroatoms. The Kier molecular flexibility index (Phi) is 4.73. The molecule has 3 saturated carbocycles. The number of carbonyl (C=O) groups excluding carboxylic acids is 1. The number of ketones is 1. The van der Waals surface area contributed by atoms with Gasteiger partial charge in [0.05, 0.1) is 12.2 Å². The van der Waals surface area contributed by atoms with Gasteiger partial charge in [-0.2, -0.15) is 0 Å². The van der Waals surface area contributed by atoms with Crippen LogP contribution in [0.3, 0.4) is 0 Å². The van der Waals surface area contributed by atoms with Gasteiger partial charge in [-0.3, -0.25) is 4.79 Å². The van der Waals surface area contributed by atoms with Gasteiger partial charge in [-0.05, 0) is 63.2 Å². The molecule has 0 aliphatic heterocycles. The molecule has 3 nitrogen and oxygen atoms in total. The minimum Gasteiger partial charge on any atom is -0.392 e. The van der Waals surface area contributed by atoms with Crippen molar-refractivity contribution in [1.82, 2.24) is 0 Å². The van der Waals surface area contributed by atoms with E-state index in [4.69, 9.17) is 4.74 Å². The Balaban J connectivity index is 2.20. The van der Waals surface area contributed by atoms with Crippen molar-refractivity contribution in [3.63, 3.8) is 0 Å². The van der Waals surface area contributed by atoms with Gasteiger partial charge < -0.3 is 9.84 Å².